The van der Waals surface area contributed by atoms with Crippen molar-refractivity contribution < 1.29 is 28.5 Å². The molecule has 1 heterocycles. The van der Waals surface area contributed by atoms with Crippen LogP contribution in [0, 0.1) is 5.41 Å². The van der Waals surface area contributed by atoms with Crippen LogP contribution in [0.25, 0.3) is 0 Å². The van der Waals surface area contributed by atoms with Crippen molar-refractivity contribution in [3.05, 3.63) is 29.8 Å². The van der Waals surface area contributed by atoms with Crippen molar-refractivity contribution in [1.82, 2.24) is 0 Å². The van der Waals surface area contributed by atoms with Gasteiger partial charge in [-0.25, -0.2) is 8.78 Å². The molecule has 0 radical (unpaired) electrons. The number of carboxylic acid groups (broad SMARTS) is 1. The van der Waals surface area contributed by atoms with Gasteiger partial charge in [0.2, 0.25) is 0 Å². The van der Waals surface area contributed by atoms with Crippen LogP contribution in [0.4, 0.5) is 8.78 Å². The smallest absolute Gasteiger partial charge is 0.316 e. The van der Waals surface area contributed by atoms with E-state index in [1.807, 2.05) is 0 Å². The fourth-order valence-corrected chi connectivity index (χ4v) is 2.34. The molecule has 4 nitrogen and oxygen atoms in total. The maximum absolute atomic E-state index is 14.0. The Balaban J connectivity index is 2.37. The minimum Gasteiger partial charge on any atom is -0.508 e. The Kier molecular flexibility index (Phi) is 3.45. The molecule has 1 unspecified atom stereocenters. The molecule has 0 bridgehead atoms. The Hall–Kier alpha value is -1.69. The minimum absolute atomic E-state index is 0.0132. The first-order valence-electron chi connectivity index (χ1n) is 5.84. The highest BCUT2D eigenvalue weighted by Gasteiger charge is 2.60. The summed E-state index contributed by atoms with van der Waals surface area (Å²) < 4.78 is 32.7. The van der Waals surface area contributed by atoms with Crippen LogP contribution in [-0.4, -0.2) is 35.3 Å². The number of ether oxygens (including phenoxy) is 1. The van der Waals surface area contributed by atoms with Gasteiger partial charge in [0.1, 0.15) is 17.8 Å². The van der Waals surface area contributed by atoms with Crippen LogP contribution < -0.4 is 0 Å². The van der Waals surface area contributed by atoms with Gasteiger partial charge in [-0.15, -0.1) is 0 Å². The fourth-order valence-electron chi connectivity index (χ4n) is 2.34. The number of hydrogen-bond donors (Lipinski definition) is 2. The number of hydrogen-bond acceptors (Lipinski definition) is 3. The van der Waals surface area contributed by atoms with E-state index in [1.54, 1.807) is 0 Å². The summed E-state index contributed by atoms with van der Waals surface area (Å²) >= 11 is 0. The predicted molar refractivity (Wildman–Crippen MR) is 62.3 cm³/mol. The SMILES string of the molecule is O=C(O)C1(Cc2cccc(O)c2)CCOCC1(F)F. The van der Waals surface area contributed by atoms with Crippen molar-refractivity contribution >= 4 is 5.97 Å². The highest BCUT2D eigenvalue weighted by atomic mass is 19.3. The average Bonchev–Trinajstić information content (AvgIpc) is 2.31. The molecule has 1 fully saturated rings. The van der Waals surface area contributed by atoms with Crippen molar-refractivity contribution in [3.63, 3.8) is 0 Å². The van der Waals surface area contributed by atoms with E-state index >= 15 is 0 Å². The molecule has 0 aromatic heterocycles. The lowest BCUT2D eigenvalue weighted by atomic mass is 9.72. The third-order valence-electron chi connectivity index (χ3n) is 3.48. The molecule has 2 N–H and O–H groups in total. The van der Waals surface area contributed by atoms with Crippen LogP contribution in [0.2, 0.25) is 0 Å². The van der Waals surface area contributed by atoms with Gasteiger partial charge in [0, 0.05) is 6.61 Å². The second-order valence-electron chi connectivity index (χ2n) is 4.74. The highest BCUT2D eigenvalue weighted by Crippen LogP contribution is 2.46. The molecule has 1 aliphatic heterocycles. The monoisotopic (exact) mass is 272 g/mol. The lowest BCUT2D eigenvalue weighted by molar-refractivity contribution is -0.218. The number of aliphatic carboxylic acids is 1. The zero-order valence-electron chi connectivity index (χ0n) is 10.1. The molecule has 1 aliphatic rings. The van der Waals surface area contributed by atoms with Gasteiger partial charge in [0.15, 0.2) is 0 Å². The van der Waals surface area contributed by atoms with Crippen LogP contribution in [0.15, 0.2) is 24.3 Å². The summed E-state index contributed by atoms with van der Waals surface area (Å²) in [5.41, 5.74) is -1.82. The van der Waals surface area contributed by atoms with Crippen molar-refractivity contribution in [2.75, 3.05) is 13.2 Å². The number of benzene rings is 1. The summed E-state index contributed by atoms with van der Waals surface area (Å²) in [4.78, 5) is 11.4. The van der Waals surface area contributed by atoms with E-state index in [0.717, 1.165) is 0 Å². The summed E-state index contributed by atoms with van der Waals surface area (Å²) in [7, 11) is 0. The normalized spacial score (nSPS) is 26.0. The predicted octanol–water partition coefficient (Wildman–Crippen LogP) is 2.06. The van der Waals surface area contributed by atoms with E-state index in [2.05, 4.69) is 4.74 Å². The van der Waals surface area contributed by atoms with Gasteiger partial charge in [-0.1, -0.05) is 12.1 Å². The molecule has 0 spiro atoms. The summed E-state index contributed by atoms with van der Waals surface area (Å²) in [5, 5.41) is 18.6. The van der Waals surface area contributed by atoms with Crippen LogP contribution in [0.1, 0.15) is 12.0 Å². The van der Waals surface area contributed by atoms with Gasteiger partial charge < -0.3 is 14.9 Å². The largest absolute Gasteiger partial charge is 0.508 e. The van der Waals surface area contributed by atoms with Crippen LogP contribution >= 0.6 is 0 Å². The van der Waals surface area contributed by atoms with Gasteiger partial charge in [0.05, 0.1) is 0 Å². The van der Waals surface area contributed by atoms with Gasteiger partial charge in [-0.3, -0.25) is 4.79 Å². The topological polar surface area (TPSA) is 66.8 Å². The minimum atomic E-state index is -3.44. The lowest BCUT2D eigenvalue weighted by Gasteiger charge is -2.40. The first-order valence-corrected chi connectivity index (χ1v) is 5.84. The van der Waals surface area contributed by atoms with E-state index in [-0.39, 0.29) is 25.2 Å². The Labute approximate surface area is 108 Å². The number of alkyl halides is 2. The Bertz CT molecular complexity index is 489. The van der Waals surface area contributed by atoms with Crippen LogP contribution in [0.3, 0.4) is 0 Å². The molecule has 2 rings (SSSR count). The maximum Gasteiger partial charge on any atom is 0.316 e. The number of aromatic hydroxyl groups is 1. The van der Waals surface area contributed by atoms with Gasteiger partial charge in [-0.2, -0.15) is 0 Å². The Morgan fingerprint density at radius 1 is 1.42 bits per heavy atom. The molecule has 1 atom stereocenters. The molecular formula is C13H14F2O4. The third kappa shape index (κ3) is 2.40. The molecule has 6 heteroatoms. The number of phenols is 1. The molecule has 0 saturated carbocycles. The van der Waals surface area contributed by atoms with Gasteiger partial charge >= 0.3 is 5.97 Å². The van der Waals surface area contributed by atoms with E-state index in [4.69, 9.17) is 0 Å². The zero-order chi connectivity index (χ0) is 14.1. The van der Waals surface area contributed by atoms with Crippen molar-refractivity contribution in [3.8, 4) is 5.75 Å². The first-order chi connectivity index (χ1) is 8.87. The summed E-state index contributed by atoms with van der Waals surface area (Å²) in [6.45, 7) is -0.904. The molecule has 0 amide bonds. The molecular weight excluding hydrogens is 258 g/mol. The second-order valence-corrected chi connectivity index (χ2v) is 4.74. The van der Waals surface area contributed by atoms with E-state index < -0.39 is 23.9 Å². The first kappa shape index (κ1) is 13.7. The van der Waals surface area contributed by atoms with E-state index in [0.29, 0.717) is 5.56 Å². The molecule has 1 aromatic rings. The summed E-state index contributed by atoms with van der Waals surface area (Å²) in [6.07, 6.45) is -0.599. The van der Waals surface area contributed by atoms with E-state index in [1.165, 1.54) is 24.3 Å². The quantitative estimate of drug-likeness (QED) is 0.884. The lowest BCUT2D eigenvalue weighted by Crippen LogP contribution is -2.55. The van der Waals surface area contributed by atoms with Gasteiger partial charge in [-0.05, 0) is 30.5 Å². The molecule has 1 saturated heterocycles. The molecule has 0 aliphatic carbocycles. The van der Waals surface area contributed by atoms with Crippen molar-refractivity contribution in [1.29, 1.82) is 0 Å². The number of carbonyl (C=O) groups is 1. The number of phenolic OH excluding ortho intramolecular Hbond substituents is 1. The maximum atomic E-state index is 14.0. The summed E-state index contributed by atoms with van der Waals surface area (Å²) in [6, 6.07) is 5.73. The van der Waals surface area contributed by atoms with Crippen LogP contribution in [0.5, 0.6) is 5.75 Å². The highest BCUT2D eigenvalue weighted by molar-refractivity contribution is 5.76. The second kappa shape index (κ2) is 4.77. The molecule has 19 heavy (non-hydrogen) atoms. The molecule has 1 aromatic carbocycles. The standard InChI is InChI=1S/C13H14F2O4/c14-13(15)8-19-5-4-12(13,11(17)18)7-9-2-1-3-10(16)6-9/h1-3,6,16H,4-5,7-8H2,(H,17,18). The summed E-state index contributed by atoms with van der Waals surface area (Å²) in [5.74, 6) is -5.06. The molecule has 104 valence electrons. The van der Waals surface area contributed by atoms with Crippen LogP contribution in [-0.2, 0) is 16.0 Å². The number of halogens is 2. The fraction of sp³-hybridized carbons (Fsp3) is 0.462. The number of rotatable bonds is 3. The third-order valence-corrected chi connectivity index (χ3v) is 3.48. The number of carboxylic acids is 1. The van der Waals surface area contributed by atoms with Crippen molar-refractivity contribution in [2.45, 2.75) is 18.8 Å². The van der Waals surface area contributed by atoms with E-state index in [9.17, 15) is 23.8 Å². The zero-order valence-corrected chi connectivity index (χ0v) is 10.1. The van der Waals surface area contributed by atoms with Gasteiger partial charge in [0.25, 0.3) is 5.92 Å². The Morgan fingerprint density at radius 3 is 2.74 bits per heavy atom. The van der Waals surface area contributed by atoms with Crippen molar-refractivity contribution in [2.24, 2.45) is 5.41 Å². The Morgan fingerprint density at radius 2 is 2.16 bits per heavy atom. The average molecular weight is 272 g/mol.